The first kappa shape index (κ1) is 9.48. The molecular weight excluding hydrogens is 150 g/mol. The summed E-state index contributed by atoms with van der Waals surface area (Å²) in [6.07, 6.45) is -0.251. The highest BCUT2D eigenvalue weighted by molar-refractivity contribution is 5.86. The Morgan fingerprint density at radius 1 is 1.64 bits per heavy atom. The fourth-order valence-corrected chi connectivity index (χ4v) is 0.385. The molecule has 0 aromatic heterocycles. The van der Waals surface area contributed by atoms with Crippen LogP contribution in [0.25, 0.3) is 0 Å². The summed E-state index contributed by atoms with van der Waals surface area (Å²) in [6.45, 7) is 3.32. The van der Waals surface area contributed by atoms with Gasteiger partial charge in [0, 0.05) is 0 Å². The van der Waals surface area contributed by atoms with Gasteiger partial charge in [-0.05, 0) is 6.08 Å². The van der Waals surface area contributed by atoms with Crippen molar-refractivity contribution in [2.75, 3.05) is 13.2 Å². The highest BCUT2D eigenvalue weighted by Crippen LogP contribution is 1.74. The summed E-state index contributed by atoms with van der Waals surface area (Å²) in [7, 11) is 0. The van der Waals surface area contributed by atoms with Crippen molar-refractivity contribution in [3.8, 4) is 0 Å². The lowest BCUT2D eigenvalue weighted by Gasteiger charge is -2.00. The van der Waals surface area contributed by atoms with Crippen LogP contribution in [0.15, 0.2) is 12.7 Å². The third kappa shape index (κ3) is 6.36. The Morgan fingerprint density at radius 3 is 2.73 bits per heavy atom. The number of nitrogens with one attached hydrogen (secondary N) is 1. The zero-order valence-electron chi connectivity index (χ0n) is 5.87. The van der Waals surface area contributed by atoms with E-state index in [1.807, 2.05) is 0 Å². The van der Waals surface area contributed by atoms with Crippen molar-refractivity contribution >= 4 is 12.1 Å². The Hall–Kier alpha value is -1.52. The molecule has 62 valence electrons. The van der Waals surface area contributed by atoms with E-state index in [1.54, 1.807) is 0 Å². The molecule has 5 nitrogen and oxygen atoms in total. The predicted octanol–water partition coefficient (Wildman–Crippen LogP) is -0.0168. The van der Waals surface area contributed by atoms with Crippen molar-refractivity contribution in [3.63, 3.8) is 0 Å². The molecule has 0 bridgehead atoms. The second-order valence-electron chi connectivity index (χ2n) is 1.61. The number of carboxylic acid groups (broad SMARTS) is 1. The van der Waals surface area contributed by atoms with Crippen molar-refractivity contribution in [2.24, 2.45) is 0 Å². The van der Waals surface area contributed by atoms with Crippen LogP contribution in [-0.2, 0) is 9.53 Å². The first-order chi connectivity index (χ1) is 5.16. The summed E-state index contributed by atoms with van der Waals surface area (Å²) in [4.78, 5) is 20.2. The molecule has 0 aromatic rings. The highest BCUT2D eigenvalue weighted by Gasteiger charge is 1.96. The van der Waals surface area contributed by atoms with E-state index in [-0.39, 0.29) is 19.1 Å². The average Bonchev–Trinajstić information content (AvgIpc) is 1.97. The Morgan fingerprint density at radius 2 is 2.27 bits per heavy atom. The summed E-state index contributed by atoms with van der Waals surface area (Å²) >= 11 is 0. The van der Waals surface area contributed by atoms with Gasteiger partial charge in [0.1, 0.15) is 6.61 Å². The van der Waals surface area contributed by atoms with Gasteiger partial charge >= 0.3 is 6.16 Å². The summed E-state index contributed by atoms with van der Waals surface area (Å²) < 4.78 is 4.10. The fraction of sp³-hybridized carbons (Fsp3) is 0.333. The van der Waals surface area contributed by atoms with Gasteiger partial charge in [0.15, 0.2) is 0 Å². The van der Waals surface area contributed by atoms with Gasteiger partial charge in [-0.3, -0.25) is 4.79 Å². The lowest BCUT2D eigenvalue weighted by Crippen LogP contribution is -2.25. The second-order valence-corrected chi connectivity index (χ2v) is 1.61. The summed E-state index contributed by atoms with van der Waals surface area (Å²) in [6, 6.07) is 0. The van der Waals surface area contributed by atoms with Crippen LogP contribution >= 0.6 is 0 Å². The average molecular weight is 159 g/mol. The molecule has 1 amide bonds. The van der Waals surface area contributed by atoms with Crippen molar-refractivity contribution in [1.29, 1.82) is 0 Å². The van der Waals surface area contributed by atoms with Crippen molar-refractivity contribution < 1.29 is 19.4 Å². The minimum Gasteiger partial charge on any atom is -0.450 e. The third-order valence-electron chi connectivity index (χ3n) is 0.812. The van der Waals surface area contributed by atoms with E-state index in [0.717, 1.165) is 6.08 Å². The molecule has 5 heteroatoms. The molecule has 0 aliphatic rings. The van der Waals surface area contributed by atoms with E-state index in [4.69, 9.17) is 5.11 Å². The molecule has 0 unspecified atom stereocenters. The smallest absolute Gasteiger partial charge is 0.450 e. The first-order valence-corrected chi connectivity index (χ1v) is 2.93. The predicted molar refractivity (Wildman–Crippen MR) is 37.2 cm³/mol. The molecule has 2 N–H and O–H groups in total. The van der Waals surface area contributed by atoms with Gasteiger partial charge in [-0.15, -0.1) is 0 Å². The number of rotatable bonds is 4. The quantitative estimate of drug-likeness (QED) is 0.343. The molecule has 0 aliphatic heterocycles. The Kier molecular flexibility index (Phi) is 4.55. The van der Waals surface area contributed by atoms with Gasteiger partial charge in [0.25, 0.3) is 0 Å². The van der Waals surface area contributed by atoms with Crippen LogP contribution < -0.4 is 5.32 Å². The van der Waals surface area contributed by atoms with E-state index in [9.17, 15) is 9.59 Å². The highest BCUT2D eigenvalue weighted by atomic mass is 16.7. The standard InChI is InChI=1S/C6H9NO4/c1-2-5(8)7-3-4-11-6(9)10/h2H,1,3-4H2,(H,7,8)(H,9,10). The van der Waals surface area contributed by atoms with Gasteiger partial charge in [0.2, 0.25) is 5.91 Å². The molecule has 11 heavy (non-hydrogen) atoms. The molecule has 0 rings (SSSR count). The zero-order valence-corrected chi connectivity index (χ0v) is 5.87. The van der Waals surface area contributed by atoms with Crippen molar-refractivity contribution in [1.82, 2.24) is 5.32 Å². The molecule has 0 radical (unpaired) electrons. The van der Waals surface area contributed by atoms with Gasteiger partial charge in [-0.2, -0.15) is 0 Å². The van der Waals surface area contributed by atoms with Crippen LogP contribution in [-0.4, -0.2) is 30.3 Å². The van der Waals surface area contributed by atoms with Gasteiger partial charge in [0.05, 0.1) is 6.54 Å². The minimum absolute atomic E-state index is 0.0467. The van der Waals surface area contributed by atoms with Crippen molar-refractivity contribution in [2.45, 2.75) is 0 Å². The Bertz CT molecular complexity index is 166. The normalized spacial score (nSPS) is 8.36. The van der Waals surface area contributed by atoms with Crippen LogP contribution in [0.3, 0.4) is 0 Å². The number of ether oxygens (including phenoxy) is 1. The summed E-state index contributed by atoms with van der Waals surface area (Å²) in [5, 5.41) is 10.3. The van der Waals surface area contributed by atoms with E-state index in [0.29, 0.717) is 0 Å². The molecular formula is C6H9NO4. The first-order valence-electron chi connectivity index (χ1n) is 2.93. The monoisotopic (exact) mass is 159 g/mol. The molecule has 0 fully saturated rings. The lowest BCUT2D eigenvalue weighted by atomic mass is 10.5. The SMILES string of the molecule is C=CC(=O)NCCOC(=O)O. The molecule has 0 saturated carbocycles. The Labute approximate surface area is 63.7 Å². The maximum atomic E-state index is 10.4. The fourth-order valence-electron chi connectivity index (χ4n) is 0.385. The Balaban J connectivity index is 3.21. The van der Waals surface area contributed by atoms with E-state index in [2.05, 4.69) is 16.6 Å². The number of carbonyl (C=O) groups is 2. The zero-order chi connectivity index (χ0) is 8.69. The summed E-state index contributed by atoms with van der Waals surface area (Å²) in [5.41, 5.74) is 0. The van der Waals surface area contributed by atoms with Crippen LogP contribution in [0.1, 0.15) is 0 Å². The van der Waals surface area contributed by atoms with Crippen LogP contribution in [0.4, 0.5) is 4.79 Å². The molecule has 0 atom stereocenters. The number of amides is 1. The molecule has 0 heterocycles. The van der Waals surface area contributed by atoms with Gasteiger partial charge in [-0.25, -0.2) is 4.79 Å². The maximum Gasteiger partial charge on any atom is 0.505 e. The molecule has 0 aliphatic carbocycles. The van der Waals surface area contributed by atoms with E-state index < -0.39 is 6.16 Å². The largest absolute Gasteiger partial charge is 0.505 e. The third-order valence-corrected chi connectivity index (χ3v) is 0.812. The van der Waals surface area contributed by atoms with Crippen LogP contribution in [0, 0.1) is 0 Å². The van der Waals surface area contributed by atoms with E-state index in [1.165, 1.54) is 0 Å². The molecule has 0 saturated heterocycles. The lowest BCUT2D eigenvalue weighted by molar-refractivity contribution is -0.116. The van der Waals surface area contributed by atoms with Gasteiger partial charge in [-0.1, -0.05) is 6.58 Å². The van der Waals surface area contributed by atoms with Crippen molar-refractivity contribution in [3.05, 3.63) is 12.7 Å². The second kappa shape index (κ2) is 5.28. The minimum atomic E-state index is -1.35. The maximum absolute atomic E-state index is 10.4. The summed E-state index contributed by atoms with van der Waals surface area (Å²) in [5.74, 6) is -0.348. The number of hydrogen-bond donors (Lipinski definition) is 2. The molecule has 0 spiro atoms. The van der Waals surface area contributed by atoms with Gasteiger partial charge < -0.3 is 15.2 Å². The number of hydrogen-bond acceptors (Lipinski definition) is 3. The van der Waals surface area contributed by atoms with Crippen LogP contribution in [0.2, 0.25) is 0 Å². The van der Waals surface area contributed by atoms with E-state index >= 15 is 0 Å². The molecule has 0 aromatic carbocycles. The van der Waals surface area contributed by atoms with Crippen LogP contribution in [0.5, 0.6) is 0 Å². The topological polar surface area (TPSA) is 75.6 Å². The number of carbonyl (C=O) groups excluding carboxylic acids is 1.